The average molecular weight is 374 g/mol. The molecule has 24 heavy (non-hydrogen) atoms. The van der Waals surface area contributed by atoms with Gasteiger partial charge < -0.3 is 5.32 Å². The lowest BCUT2D eigenvalue weighted by Gasteiger charge is -2.07. The van der Waals surface area contributed by atoms with Crippen LogP contribution in [0.2, 0.25) is 0 Å². The molecule has 0 amide bonds. The SMILES string of the molecule is CCCCCCCCCCCCCNc1ccc(C(=O)Cl)cc1.Cl. The summed E-state index contributed by atoms with van der Waals surface area (Å²) in [6.45, 7) is 3.26. The van der Waals surface area contributed by atoms with Crippen molar-refractivity contribution in [2.45, 2.75) is 77.6 Å². The van der Waals surface area contributed by atoms with Crippen LogP contribution in [-0.2, 0) is 0 Å². The van der Waals surface area contributed by atoms with E-state index in [0.29, 0.717) is 5.56 Å². The van der Waals surface area contributed by atoms with Crippen molar-refractivity contribution < 1.29 is 4.79 Å². The summed E-state index contributed by atoms with van der Waals surface area (Å²) in [5.74, 6) is 0. The van der Waals surface area contributed by atoms with E-state index in [4.69, 9.17) is 11.6 Å². The molecule has 0 bridgehead atoms. The average Bonchev–Trinajstić information content (AvgIpc) is 2.56. The largest absolute Gasteiger partial charge is 0.385 e. The maximum atomic E-state index is 11.0. The molecule has 0 atom stereocenters. The second kappa shape index (κ2) is 15.8. The van der Waals surface area contributed by atoms with Crippen molar-refractivity contribution in [3.05, 3.63) is 29.8 Å². The summed E-state index contributed by atoms with van der Waals surface area (Å²) in [5.41, 5.74) is 1.60. The summed E-state index contributed by atoms with van der Waals surface area (Å²) in [6.07, 6.45) is 15.0. The van der Waals surface area contributed by atoms with Crippen molar-refractivity contribution in [1.82, 2.24) is 0 Å². The molecule has 1 aromatic rings. The fourth-order valence-corrected chi connectivity index (χ4v) is 2.87. The molecule has 0 unspecified atom stereocenters. The van der Waals surface area contributed by atoms with E-state index in [0.717, 1.165) is 12.2 Å². The normalized spacial score (nSPS) is 10.2. The van der Waals surface area contributed by atoms with Gasteiger partial charge in [0.15, 0.2) is 0 Å². The molecule has 0 radical (unpaired) electrons. The third-order valence-electron chi connectivity index (χ3n) is 4.22. The molecule has 0 saturated carbocycles. The minimum absolute atomic E-state index is 0. The number of nitrogens with one attached hydrogen (secondary N) is 1. The van der Waals surface area contributed by atoms with Gasteiger partial charge in [-0.15, -0.1) is 12.4 Å². The molecule has 0 saturated heterocycles. The molecule has 0 aliphatic heterocycles. The van der Waals surface area contributed by atoms with Gasteiger partial charge in [-0.2, -0.15) is 0 Å². The Labute approximate surface area is 159 Å². The van der Waals surface area contributed by atoms with Crippen LogP contribution in [0, 0.1) is 0 Å². The molecule has 1 rings (SSSR count). The molecule has 1 N–H and O–H groups in total. The van der Waals surface area contributed by atoms with E-state index >= 15 is 0 Å². The van der Waals surface area contributed by atoms with Gasteiger partial charge in [-0.3, -0.25) is 4.79 Å². The molecular formula is C20H33Cl2NO. The van der Waals surface area contributed by atoms with Gasteiger partial charge in [-0.05, 0) is 42.3 Å². The predicted octanol–water partition coefficient (Wildman–Crippen LogP) is 7.21. The molecular weight excluding hydrogens is 341 g/mol. The van der Waals surface area contributed by atoms with E-state index in [1.807, 2.05) is 12.1 Å². The molecule has 0 spiro atoms. The van der Waals surface area contributed by atoms with E-state index in [-0.39, 0.29) is 12.4 Å². The number of hydrogen-bond donors (Lipinski definition) is 1. The van der Waals surface area contributed by atoms with Crippen molar-refractivity contribution >= 4 is 34.9 Å². The van der Waals surface area contributed by atoms with Crippen molar-refractivity contribution in [3.8, 4) is 0 Å². The zero-order valence-electron chi connectivity index (χ0n) is 15.0. The van der Waals surface area contributed by atoms with Crippen LogP contribution in [0.5, 0.6) is 0 Å². The predicted molar refractivity (Wildman–Crippen MR) is 109 cm³/mol. The van der Waals surface area contributed by atoms with Crippen molar-refractivity contribution in [1.29, 1.82) is 0 Å². The first-order valence-corrected chi connectivity index (χ1v) is 9.65. The number of carbonyl (C=O) groups excluding carboxylic acids is 1. The van der Waals surface area contributed by atoms with Crippen molar-refractivity contribution in [2.24, 2.45) is 0 Å². The van der Waals surface area contributed by atoms with Crippen LogP contribution < -0.4 is 5.32 Å². The Morgan fingerprint density at radius 3 is 1.75 bits per heavy atom. The third kappa shape index (κ3) is 11.8. The van der Waals surface area contributed by atoms with Crippen LogP contribution in [0.3, 0.4) is 0 Å². The summed E-state index contributed by atoms with van der Waals surface area (Å²) in [5, 5.41) is 2.99. The van der Waals surface area contributed by atoms with Gasteiger partial charge in [-0.1, -0.05) is 71.1 Å². The van der Waals surface area contributed by atoms with Gasteiger partial charge in [0.25, 0.3) is 5.24 Å². The quantitative estimate of drug-likeness (QED) is 0.275. The van der Waals surface area contributed by atoms with Gasteiger partial charge in [-0.25, -0.2) is 0 Å². The zero-order chi connectivity index (χ0) is 16.8. The zero-order valence-corrected chi connectivity index (χ0v) is 16.6. The maximum Gasteiger partial charge on any atom is 0.252 e. The van der Waals surface area contributed by atoms with E-state index in [1.54, 1.807) is 12.1 Å². The van der Waals surface area contributed by atoms with Crippen LogP contribution in [0.1, 0.15) is 87.9 Å². The maximum absolute atomic E-state index is 11.0. The van der Waals surface area contributed by atoms with Gasteiger partial charge in [0.05, 0.1) is 0 Å². The molecule has 0 heterocycles. The van der Waals surface area contributed by atoms with Gasteiger partial charge in [0.1, 0.15) is 0 Å². The summed E-state index contributed by atoms with van der Waals surface area (Å²) in [4.78, 5) is 11.0. The molecule has 0 aliphatic carbocycles. The summed E-state index contributed by atoms with van der Waals surface area (Å²) in [6, 6.07) is 7.35. The first-order valence-electron chi connectivity index (χ1n) is 9.28. The molecule has 2 nitrogen and oxygen atoms in total. The summed E-state index contributed by atoms with van der Waals surface area (Å²) in [7, 11) is 0. The number of anilines is 1. The van der Waals surface area contributed by atoms with Crippen molar-refractivity contribution in [3.63, 3.8) is 0 Å². The second-order valence-corrected chi connectivity index (χ2v) is 6.66. The number of benzene rings is 1. The molecule has 0 fully saturated rings. The highest BCUT2D eigenvalue weighted by Crippen LogP contribution is 2.13. The Bertz CT molecular complexity index is 420. The van der Waals surface area contributed by atoms with Crippen LogP contribution in [0.4, 0.5) is 5.69 Å². The summed E-state index contributed by atoms with van der Waals surface area (Å²) >= 11 is 5.43. The monoisotopic (exact) mass is 373 g/mol. The van der Waals surface area contributed by atoms with E-state index in [2.05, 4.69) is 12.2 Å². The standard InChI is InChI=1S/C20H32ClNO.ClH/c1-2-3-4-5-6-7-8-9-10-11-12-17-22-19-15-13-18(14-16-19)20(21)23;/h13-16,22H,2-12,17H2,1H3;1H. The van der Waals surface area contributed by atoms with Gasteiger partial charge in [0, 0.05) is 17.8 Å². The van der Waals surface area contributed by atoms with E-state index in [1.165, 1.54) is 70.6 Å². The Hall–Kier alpha value is -0.730. The Morgan fingerprint density at radius 1 is 0.833 bits per heavy atom. The molecule has 0 aromatic heterocycles. The highest BCUT2D eigenvalue weighted by molar-refractivity contribution is 6.67. The molecule has 1 aromatic carbocycles. The number of carbonyl (C=O) groups is 1. The first kappa shape index (κ1) is 23.3. The fourth-order valence-electron chi connectivity index (χ4n) is 2.74. The number of rotatable bonds is 14. The number of hydrogen-bond acceptors (Lipinski definition) is 2. The Kier molecular flexibility index (Phi) is 15.3. The van der Waals surface area contributed by atoms with Gasteiger partial charge >= 0.3 is 0 Å². The van der Waals surface area contributed by atoms with Crippen LogP contribution in [-0.4, -0.2) is 11.8 Å². The van der Waals surface area contributed by atoms with Crippen LogP contribution >= 0.6 is 24.0 Å². The van der Waals surface area contributed by atoms with Crippen LogP contribution in [0.15, 0.2) is 24.3 Å². The lowest BCUT2D eigenvalue weighted by atomic mass is 10.1. The van der Waals surface area contributed by atoms with Crippen molar-refractivity contribution in [2.75, 3.05) is 11.9 Å². The molecule has 0 aliphatic rings. The van der Waals surface area contributed by atoms with E-state index < -0.39 is 5.24 Å². The highest BCUT2D eigenvalue weighted by atomic mass is 35.5. The van der Waals surface area contributed by atoms with E-state index in [9.17, 15) is 4.79 Å². The molecule has 4 heteroatoms. The van der Waals surface area contributed by atoms with Gasteiger partial charge in [0.2, 0.25) is 0 Å². The fraction of sp³-hybridized carbons (Fsp3) is 0.650. The summed E-state index contributed by atoms with van der Waals surface area (Å²) < 4.78 is 0. The lowest BCUT2D eigenvalue weighted by molar-refractivity contribution is 0.108. The van der Waals surface area contributed by atoms with Crippen LogP contribution in [0.25, 0.3) is 0 Å². The smallest absolute Gasteiger partial charge is 0.252 e. The lowest BCUT2D eigenvalue weighted by Crippen LogP contribution is -2.01. The minimum atomic E-state index is -0.401. The third-order valence-corrected chi connectivity index (χ3v) is 4.44. The Morgan fingerprint density at radius 2 is 1.29 bits per heavy atom. The highest BCUT2D eigenvalue weighted by Gasteiger charge is 2.00. The number of halogens is 2. The Balaban J connectivity index is 0.00000529. The topological polar surface area (TPSA) is 29.1 Å². The first-order chi connectivity index (χ1) is 11.2. The number of unbranched alkanes of at least 4 members (excludes halogenated alkanes) is 10. The minimum Gasteiger partial charge on any atom is -0.385 e. The second-order valence-electron chi connectivity index (χ2n) is 6.31. The molecule has 138 valence electrons.